The fraction of sp³-hybridized carbons (Fsp3) is 0.467. The van der Waals surface area contributed by atoms with Gasteiger partial charge in [0.15, 0.2) is 0 Å². The molecule has 0 spiro atoms. The number of aliphatic hydroxyl groups excluding tert-OH is 1. The SMILES string of the molecule is OCCN(CCc1nc(-c2cccc(Cl)c2)no1)C1CC1. The number of hydrogen-bond acceptors (Lipinski definition) is 5. The van der Waals surface area contributed by atoms with Gasteiger partial charge >= 0.3 is 0 Å². The van der Waals surface area contributed by atoms with Crippen molar-refractivity contribution in [3.05, 3.63) is 35.2 Å². The van der Waals surface area contributed by atoms with Crippen LogP contribution in [0.4, 0.5) is 0 Å². The number of hydrogen-bond donors (Lipinski definition) is 1. The molecule has 1 aromatic carbocycles. The lowest BCUT2D eigenvalue weighted by molar-refractivity contribution is 0.186. The van der Waals surface area contributed by atoms with Crippen LogP contribution >= 0.6 is 11.6 Å². The van der Waals surface area contributed by atoms with Gasteiger partial charge in [0, 0.05) is 36.1 Å². The van der Waals surface area contributed by atoms with Gasteiger partial charge in [-0.15, -0.1) is 0 Å². The summed E-state index contributed by atoms with van der Waals surface area (Å²) in [5.41, 5.74) is 0.854. The van der Waals surface area contributed by atoms with E-state index in [4.69, 9.17) is 21.2 Å². The Balaban J connectivity index is 1.62. The third-order valence-electron chi connectivity index (χ3n) is 3.61. The fourth-order valence-corrected chi connectivity index (χ4v) is 2.58. The first-order valence-corrected chi connectivity index (χ1v) is 7.57. The molecule has 1 heterocycles. The van der Waals surface area contributed by atoms with Gasteiger partial charge < -0.3 is 9.63 Å². The molecule has 2 aromatic rings. The summed E-state index contributed by atoms with van der Waals surface area (Å²) in [7, 11) is 0. The molecule has 1 aliphatic carbocycles. The predicted octanol–water partition coefficient (Wildman–Crippen LogP) is 2.39. The average Bonchev–Trinajstić information content (AvgIpc) is 3.21. The first-order valence-electron chi connectivity index (χ1n) is 7.19. The zero-order valence-electron chi connectivity index (χ0n) is 11.7. The molecule has 6 heteroatoms. The summed E-state index contributed by atoms with van der Waals surface area (Å²) in [6.07, 6.45) is 3.14. The van der Waals surface area contributed by atoms with Crippen molar-refractivity contribution < 1.29 is 9.63 Å². The summed E-state index contributed by atoms with van der Waals surface area (Å²) in [6, 6.07) is 8.02. The lowest BCUT2D eigenvalue weighted by Gasteiger charge is -2.19. The van der Waals surface area contributed by atoms with Gasteiger partial charge in [-0.05, 0) is 25.0 Å². The first-order chi connectivity index (χ1) is 10.3. The maximum absolute atomic E-state index is 9.08. The van der Waals surface area contributed by atoms with Gasteiger partial charge in [0.05, 0.1) is 6.61 Å². The standard InChI is InChI=1S/C15H18ClN3O2/c16-12-3-1-2-11(10-12)15-17-14(21-18-15)6-7-19(8-9-20)13-4-5-13/h1-3,10,13,20H,4-9H2. The second kappa shape index (κ2) is 6.56. The van der Waals surface area contributed by atoms with Crippen molar-refractivity contribution in [1.29, 1.82) is 0 Å². The smallest absolute Gasteiger partial charge is 0.228 e. The molecule has 0 aliphatic heterocycles. The Bertz CT molecular complexity index is 598. The molecular formula is C15H18ClN3O2. The summed E-state index contributed by atoms with van der Waals surface area (Å²) < 4.78 is 5.29. The second-order valence-electron chi connectivity index (χ2n) is 5.26. The molecule has 1 saturated carbocycles. The molecule has 1 fully saturated rings. The molecule has 1 aromatic heterocycles. The Morgan fingerprint density at radius 1 is 1.33 bits per heavy atom. The third kappa shape index (κ3) is 3.81. The molecule has 0 atom stereocenters. The Labute approximate surface area is 128 Å². The van der Waals surface area contributed by atoms with E-state index in [1.807, 2.05) is 24.3 Å². The van der Waals surface area contributed by atoms with Crippen LogP contribution in [-0.4, -0.2) is 45.9 Å². The molecule has 21 heavy (non-hydrogen) atoms. The molecular weight excluding hydrogens is 290 g/mol. The van der Waals surface area contributed by atoms with Gasteiger partial charge in [-0.3, -0.25) is 4.90 Å². The van der Waals surface area contributed by atoms with E-state index in [0.717, 1.165) is 12.1 Å². The maximum atomic E-state index is 9.08. The normalized spacial score (nSPS) is 14.8. The fourth-order valence-electron chi connectivity index (χ4n) is 2.39. The molecule has 5 nitrogen and oxygen atoms in total. The monoisotopic (exact) mass is 307 g/mol. The number of aliphatic hydroxyl groups is 1. The highest BCUT2D eigenvalue weighted by atomic mass is 35.5. The minimum absolute atomic E-state index is 0.189. The quantitative estimate of drug-likeness (QED) is 0.851. The van der Waals surface area contributed by atoms with Crippen molar-refractivity contribution in [2.75, 3.05) is 19.7 Å². The maximum Gasteiger partial charge on any atom is 0.228 e. The lowest BCUT2D eigenvalue weighted by atomic mass is 10.2. The summed E-state index contributed by atoms with van der Waals surface area (Å²) in [5, 5.41) is 13.7. The number of nitrogens with zero attached hydrogens (tertiary/aromatic N) is 3. The zero-order chi connectivity index (χ0) is 14.7. The largest absolute Gasteiger partial charge is 0.395 e. The molecule has 0 radical (unpaired) electrons. The molecule has 0 bridgehead atoms. The van der Waals surface area contributed by atoms with Gasteiger partial charge in [0.25, 0.3) is 0 Å². The summed E-state index contributed by atoms with van der Waals surface area (Å²) in [4.78, 5) is 6.69. The van der Waals surface area contributed by atoms with Crippen LogP contribution < -0.4 is 0 Å². The van der Waals surface area contributed by atoms with Crippen LogP contribution in [0.1, 0.15) is 18.7 Å². The average molecular weight is 308 g/mol. The van der Waals surface area contributed by atoms with Crippen LogP contribution in [0.25, 0.3) is 11.4 Å². The van der Waals surface area contributed by atoms with Crippen molar-refractivity contribution in [2.24, 2.45) is 0 Å². The van der Waals surface area contributed by atoms with Gasteiger partial charge in [0.1, 0.15) is 0 Å². The van der Waals surface area contributed by atoms with E-state index < -0.39 is 0 Å². The van der Waals surface area contributed by atoms with Crippen molar-refractivity contribution >= 4 is 11.6 Å². The molecule has 0 saturated heterocycles. The van der Waals surface area contributed by atoms with Crippen molar-refractivity contribution in [2.45, 2.75) is 25.3 Å². The van der Waals surface area contributed by atoms with Gasteiger partial charge in [-0.2, -0.15) is 4.98 Å². The second-order valence-corrected chi connectivity index (χ2v) is 5.70. The highest BCUT2D eigenvalue weighted by molar-refractivity contribution is 6.30. The van der Waals surface area contributed by atoms with Crippen molar-refractivity contribution in [3.63, 3.8) is 0 Å². The van der Waals surface area contributed by atoms with Crippen LogP contribution in [0.15, 0.2) is 28.8 Å². The van der Waals surface area contributed by atoms with E-state index in [0.29, 0.717) is 35.7 Å². The molecule has 1 N–H and O–H groups in total. The highest BCUT2D eigenvalue weighted by Gasteiger charge is 2.28. The van der Waals surface area contributed by atoms with Crippen LogP contribution in [0.2, 0.25) is 5.02 Å². The van der Waals surface area contributed by atoms with E-state index in [-0.39, 0.29) is 6.61 Å². The van der Waals surface area contributed by atoms with Crippen molar-refractivity contribution in [1.82, 2.24) is 15.0 Å². The molecule has 0 unspecified atom stereocenters. The Morgan fingerprint density at radius 2 is 2.19 bits per heavy atom. The zero-order valence-corrected chi connectivity index (χ0v) is 12.5. The Kier molecular flexibility index (Phi) is 4.53. The first kappa shape index (κ1) is 14.5. The predicted molar refractivity (Wildman–Crippen MR) is 80.1 cm³/mol. The van der Waals surface area contributed by atoms with Gasteiger partial charge in [-0.1, -0.05) is 28.9 Å². The minimum Gasteiger partial charge on any atom is -0.395 e. The van der Waals surface area contributed by atoms with Crippen LogP contribution in [0, 0.1) is 0 Å². The minimum atomic E-state index is 0.189. The number of halogens is 1. The molecule has 0 amide bonds. The Morgan fingerprint density at radius 3 is 2.90 bits per heavy atom. The van der Waals surface area contributed by atoms with E-state index in [1.54, 1.807) is 0 Å². The third-order valence-corrected chi connectivity index (χ3v) is 3.85. The molecule has 1 aliphatic rings. The topological polar surface area (TPSA) is 62.4 Å². The van der Waals surface area contributed by atoms with E-state index in [2.05, 4.69) is 15.0 Å². The van der Waals surface area contributed by atoms with Gasteiger partial charge in [0.2, 0.25) is 11.7 Å². The van der Waals surface area contributed by atoms with E-state index in [9.17, 15) is 0 Å². The number of rotatable bonds is 7. The summed E-state index contributed by atoms with van der Waals surface area (Å²) >= 11 is 5.96. The molecule has 3 rings (SSSR count). The van der Waals surface area contributed by atoms with Gasteiger partial charge in [-0.25, -0.2) is 0 Å². The Hall–Kier alpha value is -1.43. The van der Waals surface area contributed by atoms with Crippen LogP contribution in [0.3, 0.4) is 0 Å². The van der Waals surface area contributed by atoms with Crippen LogP contribution in [-0.2, 0) is 6.42 Å². The number of benzene rings is 1. The molecule has 112 valence electrons. The van der Waals surface area contributed by atoms with E-state index in [1.165, 1.54) is 12.8 Å². The van der Waals surface area contributed by atoms with Crippen molar-refractivity contribution in [3.8, 4) is 11.4 Å². The lowest BCUT2D eigenvalue weighted by Crippen LogP contribution is -2.31. The summed E-state index contributed by atoms with van der Waals surface area (Å²) in [6.45, 7) is 1.73. The van der Waals surface area contributed by atoms with E-state index >= 15 is 0 Å². The van der Waals surface area contributed by atoms with Crippen LogP contribution in [0.5, 0.6) is 0 Å². The highest BCUT2D eigenvalue weighted by Crippen LogP contribution is 2.26. The summed E-state index contributed by atoms with van der Waals surface area (Å²) in [5.74, 6) is 1.18. The number of aromatic nitrogens is 2.